The minimum absolute atomic E-state index is 0.0249. The molecule has 1 aromatic carbocycles. The highest BCUT2D eigenvalue weighted by atomic mass is 16.6. The number of benzene rings is 1. The van der Waals surface area contributed by atoms with E-state index in [2.05, 4.69) is 5.32 Å². The molecule has 2 N–H and O–H groups in total. The van der Waals surface area contributed by atoms with Gasteiger partial charge in [-0.15, -0.1) is 0 Å². The fourth-order valence-corrected chi connectivity index (χ4v) is 1.68. The van der Waals surface area contributed by atoms with Crippen molar-refractivity contribution >= 4 is 17.3 Å². The summed E-state index contributed by atoms with van der Waals surface area (Å²) in [4.78, 5) is 22.0. The Kier molecular flexibility index (Phi) is 4.65. The normalized spacial score (nSPS) is 10.4. The van der Waals surface area contributed by atoms with Crippen molar-refractivity contribution < 1.29 is 14.8 Å². The first-order chi connectivity index (χ1) is 8.49. The van der Waals surface area contributed by atoms with Crippen molar-refractivity contribution in [1.29, 1.82) is 0 Å². The van der Waals surface area contributed by atoms with Crippen molar-refractivity contribution in [3.63, 3.8) is 0 Å². The zero-order valence-electron chi connectivity index (χ0n) is 10.3. The number of nitro benzene ring substituents is 1. The average molecular weight is 252 g/mol. The first-order valence-corrected chi connectivity index (χ1v) is 5.77. The Hall–Kier alpha value is -2.11. The maximum atomic E-state index is 11.8. The number of amides is 1. The summed E-state index contributed by atoms with van der Waals surface area (Å²) in [5.74, 6) is -0.582. The number of carbonyl (C=O) groups is 1. The van der Waals surface area contributed by atoms with Crippen LogP contribution in [-0.2, 0) is 4.79 Å². The molecule has 0 atom stereocenters. The molecule has 0 bridgehead atoms. The summed E-state index contributed by atoms with van der Waals surface area (Å²) < 4.78 is 0. The molecule has 0 unspecified atom stereocenters. The second kappa shape index (κ2) is 6.00. The number of nitrogens with zero attached hydrogens (tertiary/aromatic N) is 1. The second-order valence-corrected chi connectivity index (χ2v) is 3.96. The number of phenols is 1. The number of nitro groups is 1. The van der Waals surface area contributed by atoms with Crippen LogP contribution in [0.5, 0.6) is 5.75 Å². The number of anilines is 1. The lowest BCUT2D eigenvalue weighted by atomic mass is 10.0. The van der Waals surface area contributed by atoms with Gasteiger partial charge in [0.25, 0.3) is 5.69 Å². The van der Waals surface area contributed by atoms with Gasteiger partial charge in [-0.25, -0.2) is 0 Å². The second-order valence-electron chi connectivity index (χ2n) is 3.96. The first kappa shape index (κ1) is 14.0. The Balaban J connectivity index is 2.99. The summed E-state index contributed by atoms with van der Waals surface area (Å²) in [6.07, 6.45) is 1.32. The number of rotatable bonds is 5. The highest BCUT2D eigenvalue weighted by Gasteiger charge is 2.20. The molecule has 1 amide bonds. The van der Waals surface area contributed by atoms with E-state index in [1.165, 1.54) is 12.1 Å². The van der Waals surface area contributed by atoms with Crippen LogP contribution >= 0.6 is 0 Å². The predicted octanol–water partition coefficient (Wildman–Crippen LogP) is 2.68. The van der Waals surface area contributed by atoms with Gasteiger partial charge in [0, 0.05) is 18.1 Å². The highest BCUT2D eigenvalue weighted by Crippen LogP contribution is 2.29. The standard InChI is InChI=1S/C12H16N2O4/c1-3-8(4-2)12(16)13-10-7-9(15)5-6-11(10)14(17)18/h5-8,15H,3-4H2,1-2H3,(H,13,16). The Morgan fingerprint density at radius 3 is 2.56 bits per heavy atom. The fourth-order valence-electron chi connectivity index (χ4n) is 1.68. The number of hydrogen-bond donors (Lipinski definition) is 2. The maximum Gasteiger partial charge on any atom is 0.293 e. The van der Waals surface area contributed by atoms with Crippen LogP contribution in [-0.4, -0.2) is 15.9 Å². The van der Waals surface area contributed by atoms with Gasteiger partial charge in [0.1, 0.15) is 11.4 Å². The number of phenolic OH excluding ortho intramolecular Hbond substituents is 1. The number of hydrogen-bond acceptors (Lipinski definition) is 4. The Morgan fingerprint density at radius 1 is 1.44 bits per heavy atom. The zero-order valence-corrected chi connectivity index (χ0v) is 10.3. The Morgan fingerprint density at radius 2 is 2.06 bits per heavy atom. The van der Waals surface area contributed by atoms with Gasteiger partial charge >= 0.3 is 0 Å². The molecular weight excluding hydrogens is 236 g/mol. The van der Waals surface area contributed by atoms with Crippen molar-refractivity contribution in [1.82, 2.24) is 0 Å². The maximum absolute atomic E-state index is 11.8. The van der Waals surface area contributed by atoms with E-state index in [0.717, 1.165) is 6.07 Å². The van der Waals surface area contributed by atoms with E-state index in [9.17, 15) is 20.0 Å². The fraction of sp³-hybridized carbons (Fsp3) is 0.417. The molecule has 0 aliphatic heterocycles. The summed E-state index contributed by atoms with van der Waals surface area (Å²) >= 11 is 0. The van der Waals surface area contributed by atoms with Gasteiger partial charge in [-0.1, -0.05) is 13.8 Å². The van der Waals surface area contributed by atoms with Crippen LogP contribution in [0.2, 0.25) is 0 Å². The van der Waals surface area contributed by atoms with E-state index < -0.39 is 4.92 Å². The molecule has 0 radical (unpaired) electrons. The lowest BCUT2D eigenvalue weighted by Gasteiger charge is -2.12. The molecule has 6 nitrogen and oxygen atoms in total. The van der Waals surface area contributed by atoms with E-state index >= 15 is 0 Å². The third-order valence-corrected chi connectivity index (χ3v) is 2.79. The average Bonchev–Trinajstić information content (AvgIpc) is 2.30. The third kappa shape index (κ3) is 3.19. The predicted molar refractivity (Wildman–Crippen MR) is 67.5 cm³/mol. The molecule has 18 heavy (non-hydrogen) atoms. The van der Waals surface area contributed by atoms with Crippen molar-refractivity contribution in [3.8, 4) is 5.75 Å². The van der Waals surface area contributed by atoms with Gasteiger partial charge in [0.05, 0.1) is 4.92 Å². The van der Waals surface area contributed by atoms with Crippen LogP contribution in [0.25, 0.3) is 0 Å². The molecular formula is C12H16N2O4. The van der Waals surface area contributed by atoms with Gasteiger partial charge in [-0.3, -0.25) is 14.9 Å². The third-order valence-electron chi connectivity index (χ3n) is 2.79. The van der Waals surface area contributed by atoms with Crippen molar-refractivity contribution in [2.45, 2.75) is 26.7 Å². The highest BCUT2D eigenvalue weighted by molar-refractivity contribution is 5.94. The van der Waals surface area contributed by atoms with Crippen LogP contribution in [0.4, 0.5) is 11.4 Å². The van der Waals surface area contributed by atoms with Crippen LogP contribution in [0.1, 0.15) is 26.7 Å². The lowest BCUT2D eigenvalue weighted by Crippen LogP contribution is -2.22. The molecule has 0 aliphatic rings. The monoisotopic (exact) mass is 252 g/mol. The van der Waals surface area contributed by atoms with Crippen LogP contribution < -0.4 is 5.32 Å². The number of aromatic hydroxyl groups is 1. The van der Waals surface area contributed by atoms with Gasteiger partial charge in [-0.05, 0) is 18.9 Å². The van der Waals surface area contributed by atoms with Gasteiger partial charge < -0.3 is 10.4 Å². The van der Waals surface area contributed by atoms with Gasteiger partial charge in [0.2, 0.25) is 5.91 Å². The van der Waals surface area contributed by atoms with E-state index in [-0.39, 0.29) is 28.9 Å². The lowest BCUT2D eigenvalue weighted by molar-refractivity contribution is -0.384. The molecule has 0 saturated heterocycles. The summed E-state index contributed by atoms with van der Waals surface area (Å²) in [7, 11) is 0. The minimum atomic E-state index is -0.595. The molecule has 0 saturated carbocycles. The van der Waals surface area contributed by atoms with Crippen LogP contribution in [0, 0.1) is 16.0 Å². The first-order valence-electron chi connectivity index (χ1n) is 5.77. The van der Waals surface area contributed by atoms with Crippen molar-refractivity contribution in [3.05, 3.63) is 28.3 Å². The summed E-state index contributed by atoms with van der Waals surface area (Å²) in [5.41, 5.74) is -0.205. The molecule has 1 aromatic rings. The van der Waals surface area contributed by atoms with E-state index in [1.807, 2.05) is 13.8 Å². The molecule has 0 aromatic heterocycles. The van der Waals surface area contributed by atoms with Gasteiger partial charge in [-0.2, -0.15) is 0 Å². The van der Waals surface area contributed by atoms with Crippen LogP contribution in [0.15, 0.2) is 18.2 Å². The number of nitrogens with one attached hydrogen (secondary N) is 1. The zero-order chi connectivity index (χ0) is 13.7. The van der Waals surface area contributed by atoms with Crippen molar-refractivity contribution in [2.24, 2.45) is 5.92 Å². The molecule has 0 spiro atoms. The molecule has 0 fully saturated rings. The van der Waals surface area contributed by atoms with E-state index in [1.54, 1.807) is 0 Å². The largest absolute Gasteiger partial charge is 0.508 e. The smallest absolute Gasteiger partial charge is 0.293 e. The Bertz CT molecular complexity index is 455. The molecule has 0 heterocycles. The van der Waals surface area contributed by atoms with E-state index in [4.69, 9.17) is 0 Å². The van der Waals surface area contributed by atoms with E-state index in [0.29, 0.717) is 12.8 Å². The summed E-state index contributed by atoms with van der Waals surface area (Å²) in [6, 6.07) is 3.56. The SMILES string of the molecule is CCC(CC)C(=O)Nc1cc(O)ccc1[N+](=O)[O-]. The topological polar surface area (TPSA) is 92.5 Å². The molecule has 0 aliphatic carbocycles. The van der Waals surface area contributed by atoms with Gasteiger partial charge in [0.15, 0.2) is 0 Å². The number of carbonyl (C=O) groups excluding carboxylic acids is 1. The van der Waals surface area contributed by atoms with Crippen molar-refractivity contribution in [2.75, 3.05) is 5.32 Å². The molecule has 6 heteroatoms. The Labute approximate surface area is 105 Å². The minimum Gasteiger partial charge on any atom is -0.508 e. The quantitative estimate of drug-likeness (QED) is 0.622. The van der Waals surface area contributed by atoms with Crippen LogP contribution in [0.3, 0.4) is 0 Å². The molecule has 98 valence electrons. The molecule has 1 rings (SSSR count). The summed E-state index contributed by atoms with van der Waals surface area (Å²) in [5, 5.41) is 22.6. The summed E-state index contributed by atoms with van der Waals surface area (Å²) in [6.45, 7) is 3.76.